The first-order chi connectivity index (χ1) is 11.3. The number of amides is 1. The van der Waals surface area contributed by atoms with Gasteiger partial charge in [0.05, 0.1) is 0 Å². The van der Waals surface area contributed by atoms with Crippen molar-refractivity contribution in [2.45, 2.75) is 6.42 Å². The lowest BCUT2D eigenvalue weighted by molar-refractivity contribution is -0.105. The molecule has 1 aliphatic rings. The molecule has 3 heteroatoms. The number of rotatable bonds is 4. The molecule has 0 atom stereocenters. The van der Waals surface area contributed by atoms with Gasteiger partial charge in [-0.05, 0) is 40.5 Å². The van der Waals surface area contributed by atoms with E-state index in [1.54, 1.807) is 0 Å². The molecule has 0 fully saturated rings. The van der Waals surface area contributed by atoms with Crippen LogP contribution < -0.4 is 11.1 Å². The van der Waals surface area contributed by atoms with Crippen molar-refractivity contribution in [1.29, 1.82) is 0 Å². The third-order valence-corrected chi connectivity index (χ3v) is 3.77. The highest BCUT2D eigenvalue weighted by atomic mass is 16.1. The second-order valence-electron chi connectivity index (χ2n) is 5.42. The molecule has 0 bridgehead atoms. The molecule has 0 saturated carbocycles. The highest BCUT2D eigenvalue weighted by Crippen LogP contribution is 2.32. The summed E-state index contributed by atoms with van der Waals surface area (Å²) < 4.78 is 0. The van der Waals surface area contributed by atoms with Crippen molar-refractivity contribution < 1.29 is 4.79 Å². The second kappa shape index (κ2) is 6.79. The number of anilines is 1. The van der Waals surface area contributed by atoms with Gasteiger partial charge in [0, 0.05) is 17.8 Å². The van der Waals surface area contributed by atoms with Crippen LogP contribution in [0, 0.1) is 0 Å². The van der Waals surface area contributed by atoms with Crippen molar-refractivity contribution in [3.8, 4) is 0 Å². The number of carbonyl (C=O) groups is 1. The van der Waals surface area contributed by atoms with Crippen LogP contribution in [0.3, 0.4) is 0 Å². The largest absolute Gasteiger partial charge is 0.402 e. The molecule has 0 aromatic heterocycles. The van der Waals surface area contributed by atoms with Crippen LogP contribution >= 0.6 is 0 Å². The first kappa shape index (κ1) is 14.9. The maximum Gasteiger partial charge on any atom is 0.211 e. The molecule has 23 heavy (non-hydrogen) atoms. The lowest BCUT2D eigenvalue weighted by Crippen LogP contribution is -2.04. The summed E-state index contributed by atoms with van der Waals surface area (Å²) in [5.74, 6) is 0. The average molecular weight is 302 g/mol. The van der Waals surface area contributed by atoms with Crippen LogP contribution in [0.2, 0.25) is 0 Å². The lowest BCUT2D eigenvalue weighted by atomic mass is 9.89. The van der Waals surface area contributed by atoms with Crippen LogP contribution in [0.5, 0.6) is 0 Å². The third kappa shape index (κ3) is 3.58. The minimum absolute atomic E-state index is 0.680. The average Bonchev–Trinajstić information content (AvgIpc) is 2.57. The van der Waals surface area contributed by atoms with E-state index in [1.165, 1.54) is 5.57 Å². The van der Waals surface area contributed by atoms with Crippen molar-refractivity contribution in [2.24, 2.45) is 5.73 Å². The highest BCUT2D eigenvalue weighted by Gasteiger charge is 2.13. The lowest BCUT2D eigenvalue weighted by Gasteiger charge is -2.17. The third-order valence-electron chi connectivity index (χ3n) is 3.77. The summed E-state index contributed by atoms with van der Waals surface area (Å²) in [6.45, 7) is 0. The first-order valence-electron chi connectivity index (χ1n) is 7.49. The van der Waals surface area contributed by atoms with E-state index in [0.717, 1.165) is 34.5 Å². The molecule has 0 radical (unpaired) electrons. The van der Waals surface area contributed by atoms with Crippen LogP contribution in [0.4, 0.5) is 5.69 Å². The highest BCUT2D eigenvalue weighted by molar-refractivity contribution is 5.87. The standard InChI is InChI=1S/C20H18N2O/c21-18-8-11-20(16-6-9-19(10-7-16)22-14-23)17(13-18)12-15-4-2-1-3-5-15/h1-12,14H,13,21H2,(H,22,23). The molecule has 2 aromatic carbocycles. The Morgan fingerprint density at radius 3 is 2.39 bits per heavy atom. The summed E-state index contributed by atoms with van der Waals surface area (Å²) in [5.41, 5.74) is 12.2. The van der Waals surface area contributed by atoms with E-state index in [9.17, 15) is 4.79 Å². The van der Waals surface area contributed by atoms with Crippen molar-refractivity contribution in [3.05, 3.63) is 89.1 Å². The number of nitrogens with one attached hydrogen (secondary N) is 1. The summed E-state index contributed by atoms with van der Waals surface area (Å²) in [6.07, 6.45) is 7.59. The Balaban J connectivity index is 1.96. The number of hydrogen-bond donors (Lipinski definition) is 2. The molecule has 0 aliphatic heterocycles. The van der Waals surface area contributed by atoms with Crippen LogP contribution in [0.25, 0.3) is 11.6 Å². The van der Waals surface area contributed by atoms with Gasteiger partial charge in [0.2, 0.25) is 6.41 Å². The van der Waals surface area contributed by atoms with Crippen molar-refractivity contribution in [3.63, 3.8) is 0 Å². The van der Waals surface area contributed by atoms with Gasteiger partial charge in [0.25, 0.3) is 0 Å². The number of allylic oxidation sites excluding steroid dienone is 4. The molecule has 3 N–H and O–H groups in total. The minimum atomic E-state index is 0.680. The van der Waals surface area contributed by atoms with Crippen molar-refractivity contribution >= 4 is 23.7 Å². The van der Waals surface area contributed by atoms with E-state index in [1.807, 2.05) is 48.5 Å². The van der Waals surface area contributed by atoms with E-state index < -0.39 is 0 Å². The van der Waals surface area contributed by atoms with E-state index >= 15 is 0 Å². The summed E-state index contributed by atoms with van der Waals surface area (Å²) in [7, 11) is 0. The van der Waals surface area contributed by atoms with Crippen molar-refractivity contribution in [1.82, 2.24) is 0 Å². The van der Waals surface area contributed by atoms with Crippen LogP contribution in [0.1, 0.15) is 17.5 Å². The fourth-order valence-electron chi connectivity index (χ4n) is 2.65. The van der Waals surface area contributed by atoms with Crippen LogP contribution in [-0.2, 0) is 4.79 Å². The molecule has 1 aliphatic carbocycles. The molecule has 0 heterocycles. The van der Waals surface area contributed by atoms with Gasteiger partial charge in [0.15, 0.2) is 0 Å². The Morgan fingerprint density at radius 1 is 0.957 bits per heavy atom. The molecular weight excluding hydrogens is 284 g/mol. The zero-order valence-electron chi connectivity index (χ0n) is 12.7. The van der Waals surface area contributed by atoms with E-state index in [2.05, 4.69) is 29.6 Å². The van der Waals surface area contributed by atoms with Gasteiger partial charge in [-0.2, -0.15) is 0 Å². The number of hydrogen-bond acceptors (Lipinski definition) is 2. The summed E-state index contributed by atoms with van der Waals surface area (Å²) in [5, 5.41) is 2.65. The van der Waals surface area contributed by atoms with Gasteiger partial charge >= 0.3 is 0 Å². The van der Waals surface area contributed by atoms with Gasteiger partial charge in [-0.15, -0.1) is 0 Å². The number of benzene rings is 2. The molecule has 0 unspecified atom stereocenters. The fourth-order valence-corrected chi connectivity index (χ4v) is 2.65. The Morgan fingerprint density at radius 2 is 1.70 bits per heavy atom. The smallest absolute Gasteiger partial charge is 0.211 e. The Kier molecular flexibility index (Phi) is 4.39. The van der Waals surface area contributed by atoms with Gasteiger partial charge in [-0.3, -0.25) is 4.79 Å². The molecule has 0 spiro atoms. The van der Waals surface area contributed by atoms with Crippen molar-refractivity contribution in [2.75, 3.05) is 5.32 Å². The monoisotopic (exact) mass is 302 g/mol. The zero-order valence-corrected chi connectivity index (χ0v) is 12.7. The van der Waals surface area contributed by atoms with Crippen LogP contribution in [0.15, 0.2) is 78.0 Å². The predicted octanol–water partition coefficient (Wildman–Crippen LogP) is 3.97. The fraction of sp³-hybridized carbons (Fsp3) is 0.0500. The van der Waals surface area contributed by atoms with E-state index in [4.69, 9.17) is 5.73 Å². The quantitative estimate of drug-likeness (QED) is 0.840. The summed E-state index contributed by atoms with van der Waals surface area (Å²) in [4.78, 5) is 10.5. The minimum Gasteiger partial charge on any atom is -0.402 e. The Bertz CT molecular complexity index is 784. The maximum atomic E-state index is 10.5. The number of nitrogens with two attached hydrogens (primary N) is 1. The SMILES string of the molecule is NC1=CC=C(c2ccc(NC=O)cc2)C(=Cc2ccccc2)C1. The van der Waals surface area contributed by atoms with Gasteiger partial charge < -0.3 is 11.1 Å². The maximum absolute atomic E-state index is 10.5. The van der Waals surface area contributed by atoms with Gasteiger partial charge in [-0.25, -0.2) is 0 Å². The molecular formula is C20H18N2O. The molecule has 0 saturated heterocycles. The zero-order chi connectivity index (χ0) is 16.1. The Labute approximate surface area is 135 Å². The normalized spacial score (nSPS) is 15.7. The first-order valence-corrected chi connectivity index (χ1v) is 7.49. The molecule has 3 rings (SSSR count). The predicted molar refractivity (Wildman–Crippen MR) is 95.4 cm³/mol. The summed E-state index contributed by atoms with van der Waals surface area (Å²) >= 11 is 0. The van der Waals surface area contributed by atoms with Crippen LogP contribution in [-0.4, -0.2) is 6.41 Å². The topological polar surface area (TPSA) is 55.1 Å². The molecule has 114 valence electrons. The van der Waals surface area contributed by atoms with E-state index in [-0.39, 0.29) is 0 Å². The molecule has 3 nitrogen and oxygen atoms in total. The van der Waals surface area contributed by atoms with Gasteiger partial charge in [0.1, 0.15) is 0 Å². The van der Waals surface area contributed by atoms with E-state index in [0.29, 0.717) is 6.41 Å². The van der Waals surface area contributed by atoms with Gasteiger partial charge in [-0.1, -0.05) is 54.6 Å². The molecule has 2 aromatic rings. The second-order valence-corrected chi connectivity index (χ2v) is 5.42. The summed E-state index contributed by atoms with van der Waals surface area (Å²) in [6, 6.07) is 18.0. The Hall–Kier alpha value is -3.07. The molecule has 1 amide bonds. The number of carbonyl (C=O) groups excluding carboxylic acids is 1.